The monoisotopic (exact) mass is 490 g/mol. The number of anilines is 1. The van der Waals surface area contributed by atoms with E-state index in [2.05, 4.69) is 38.1 Å². The number of aryl methyl sites for hydroxylation is 1. The molecule has 1 aliphatic rings. The molecule has 0 saturated heterocycles. The molecule has 0 saturated carbocycles. The molecule has 0 aliphatic carbocycles. The third-order valence-corrected chi connectivity index (χ3v) is 6.13. The van der Waals surface area contributed by atoms with Crippen molar-refractivity contribution in [3.63, 3.8) is 0 Å². The number of halogens is 1. The smallest absolute Gasteiger partial charge is 0.261 e. The van der Waals surface area contributed by atoms with Gasteiger partial charge in [-0.25, -0.2) is 4.98 Å². The Hall–Kier alpha value is -3.52. The molecule has 1 atom stereocenters. The average molecular weight is 491 g/mol. The van der Waals surface area contributed by atoms with Crippen LogP contribution in [0, 0.1) is 6.92 Å². The van der Waals surface area contributed by atoms with Crippen molar-refractivity contribution in [3.8, 4) is 11.4 Å². The highest BCUT2D eigenvalue weighted by Crippen LogP contribution is 2.33. The fourth-order valence-corrected chi connectivity index (χ4v) is 4.79. The molecule has 0 fully saturated rings. The number of aromatic amines is 1. The van der Waals surface area contributed by atoms with Gasteiger partial charge >= 0.3 is 0 Å². The molecule has 2 aromatic heterocycles. The van der Waals surface area contributed by atoms with Crippen molar-refractivity contribution in [2.24, 2.45) is 0 Å². The van der Waals surface area contributed by atoms with Crippen molar-refractivity contribution in [2.75, 3.05) is 5.32 Å². The molecule has 7 nitrogen and oxygen atoms in total. The zero-order valence-electron chi connectivity index (χ0n) is 17.4. The quantitative estimate of drug-likeness (QED) is 0.449. The number of amides is 1. The molecule has 0 unspecified atom stereocenters. The van der Waals surface area contributed by atoms with Gasteiger partial charge in [-0.1, -0.05) is 28.1 Å². The summed E-state index contributed by atoms with van der Waals surface area (Å²) in [5, 5.41) is 3.35. The van der Waals surface area contributed by atoms with E-state index in [1.54, 1.807) is 43.5 Å². The molecule has 2 aromatic carbocycles. The third-order valence-electron chi connectivity index (χ3n) is 5.67. The van der Waals surface area contributed by atoms with Gasteiger partial charge in [0, 0.05) is 45.1 Å². The number of rotatable bonds is 3. The fraction of sp³-hybridized carbons (Fsp3) is 0.167. The molecule has 0 bridgehead atoms. The molecule has 160 valence electrons. The number of nitrogens with one attached hydrogen (secondary N) is 2. The summed E-state index contributed by atoms with van der Waals surface area (Å²) in [7, 11) is 0. The van der Waals surface area contributed by atoms with Gasteiger partial charge in [-0.15, -0.1) is 0 Å². The van der Waals surface area contributed by atoms with E-state index in [1.165, 1.54) is 6.07 Å². The summed E-state index contributed by atoms with van der Waals surface area (Å²) in [5.74, 6) is -0.0691. The van der Waals surface area contributed by atoms with Gasteiger partial charge in [0.1, 0.15) is 11.4 Å². The first-order chi connectivity index (χ1) is 15.3. The largest absolute Gasteiger partial charge is 0.343 e. The number of H-pyrrole nitrogens is 1. The van der Waals surface area contributed by atoms with Gasteiger partial charge in [0.2, 0.25) is 5.43 Å². The Labute approximate surface area is 191 Å². The van der Waals surface area contributed by atoms with Crippen molar-refractivity contribution in [2.45, 2.75) is 26.3 Å². The number of benzene rings is 2. The highest BCUT2D eigenvalue weighted by Gasteiger charge is 2.25. The Kier molecular flexibility index (Phi) is 4.82. The minimum absolute atomic E-state index is 0.0859. The number of aromatic nitrogens is 3. The van der Waals surface area contributed by atoms with E-state index in [4.69, 9.17) is 0 Å². The SMILES string of the molecule is Cc1cc(=O)[nH]c(-c2cccc(NC(=O)c3cn4c5c(cc(Br)cc5c3=O)C[C@@H]4C)c2)n1. The van der Waals surface area contributed by atoms with Crippen LogP contribution in [0.25, 0.3) is 22.3 Å². The predicted octanol–water partition coefficient (Wildman–Crippen LogP) is 4.19. The van der Waals surface area contributed by atoms with Crippen LogP contribution in [0.15, 0.2) is 62.7 Å². The molecule has 8 heteroatoms. The number of carbonyl (C=O) groups excluding carboxylic acids is 1. The zero-order chi connectivity index (χ0) is 22.6. The van der Waals surface area contributed by atoms with E-state index in [-0.39, 0.29) is 22.6 Å². The normalized spacial score (nSPS) is 14.7. The van der Waals surface area contributed by atoms with Gasteiger partial charge in [-0.3, -0.25) is 14.4 Å². The van der Waals surface area contributed by atoms with Crippen molar-refractivity contribution in [1.82, 2.24) is 14.5 Å². The fourth-order valence-electron chi connectivity index (χ4n) is 4.28. The Balaban J connectivity index is 1.54. The first-order valence-electron chi connectivity index (χ1n) is 10.2. The highest BCUT2D eigenvalue weighted by molar-refractivity contribution is 9.10. The summed E-state index contributed by atoms with van der Waals surface area (Å²) >= 11 is 3.48. The van der Waals surface area contributed by atoms with Gasteiger partial charge in [-0.2, -0.15) is 0 Å². The van der Waals surface area contributed by atoms with Crippen molar-refractivity contribution in [3.05, 3.63) is 90.5 Å². The first-order valence-corrected chi connectivity index (χ1v) is 11.0. The van der Waals surface area contributed by atoms with Crippen LogP contribution in [0.2, 0.25) is 0 Å². The standard InChI is InChI=1S/C24H19BrN4O3/c1-12-6-20(30)28-23(26-12)14-4-3-5-17(9-14)27-24(32)19-11-29-13(2)7-15-8-16(25)10-18(21(15)29)22(19)31/h3-6,8-11,13H,7H2,1-2H3,(H,27,32)(H,26,28,30)/t13-/m0/s1. The van der Waals surface area contributed by atoms with Crippen LogP contribution >= 0.6 is 15.9 Å². The lowest BCUT2D eigenvalue weighted by Gasteiger charge is -2.13. The van der Waals surface area contributed by atoms with Crippen LogP contribution in [-0.4, -0.2) is 20.4 Å². The maximum absolute atomic E-state index is 13.2. The second kappa shape index (κ2) is 7.56. The minimum Gasteiger partial charge on any atom is -0.343 e. The molecule has 2 N–H and O–H groups in total. The zero-order valence-corrected chi connectivity index (χ0v) is 19.0. The van der Waals surface area contributed by atoms with Gasteiger partial charge < -0.3 is 14.9 Å². The molecular formula is C24H19BrN4O3. The molecular weight excluding hydrogens is 472 g/mol. The van der Waals surface area contributed by atoms with Gasteiger partial charge in [-0.05, 0) is 50.1 Å². The van der Waals surface area contributed by atoms with E-state index in [1.807, 2.05) is 10.6 Å². The number of hydrogen-bond donors (Lipinski definition) is 2. The molecule has 0 radical (unpaired) electrons. The van der Waals surface area contributed by atoms with Gasteiger partial charge in [0.15, 0.2) is 0 Å². The number of hydrogen-bond acceptors (Lipinski definition) is 4. The van der Waals surface area contributed by atoms with Crippen LogP contribution in [0.4, 0.5) is 5.69 Å². The van der Waals surface area contributed by atoms with E-state index in [9.17, 15) is 14.4 Å². The van der Waals surface area contributed by atoms with Crippen LogP contribution in [0.1, 0.15) is 34.6 Å². The molecule has 1 aliphatic heterocycles. The van der Waals surface area contributed by atoms with E-state index in [0.717, 1.165) is 22.0 Å². The maximum atomic E-state index is 13.2. The molecule has 1 amide bonds. The van der Waals surface area contributed by atoms with Crippen molar-refractivity contribution >= 4 is 38.4 Å². The average Bonchev–Trinajstić information content (AvgIpc) is 3.05. The van der Waals surface area contributed by atoms with Crippen molar-refractivity contribution in [1.29, 1.82) is 0 Å². The van der Waals surface area contributed by atoms with Gasteiger partial charge in [0.05, 0.1) is 5.52 Å². The van der Waals surface area contributed by atoms with Crippen LogP contribution < -0.4 is 16.3 Å². The summed E-state index contributed by atoms with van der Waals surface area (Å²) in [4.78, 5) is 45.1. The van der Waals surface area contributed by atoms with Crippen LogP contribution in [-0.2, 0) is 6.42 Å². The summed E-state index contributed by atoms with van der Waals surface area (Å²) in [6, 6.07) is 12.3. The van der Waals surface area contributed by atoms with Gasteiger partial charge in [0.25, 0.3) is 11.5 Å². The third kappa shape index (κ3) is 3.46. The Morgan fingerprint density at radius 1 is 1.22 bits per heavy atom. The summed E-state index contributed by atoms with van der Waals surface area (Å²) < 4.78 is 2.83. The Bertz CT molecular complexity index is 1540. The maximum Gasteiger partial charge on any atom is 0.261 e. The molecule has 4 aromatic rings. The Morgan fingerprint density at radius 2 is 2.03 bits per heavy atom. The second-order valence-corrected chi connectivity index (χ2v) is 8.98. The van der Waals surface area contributed by atoms with E-state index < -0.39 is 5.91 Å². The number of carbonyl (C=O) groups is 1. The topological polar surface area (TPSA) is 96.9 Å². The summed E-state index contributed by atoms with van der Waals surface area (Å²) in [6.07, 6.45) is 2.46. The van der Waals surface area contributed by atoms with E-state index in [0.29, 0.717) is 28.2 Å². The predicted molar refractivity (Wildman–Crippen MR) is 127 cm³/mol. The summed E-state index contributed by atoms with van der Waals surface area (Å²) in [6.45, 7) is 3.81. The Morgan fingerprint density at radius 3 is 2.81 bits per heavy atom. The molecule has 32 heavy (non-hydrogen) atoms. The first kappa shape index (κ1) is 20.4. The van der Waals surface area contributed by atoms with Crippen LogP contribution in [0.5, 0.6) is 0 Å². The van der Waals surface area contributed by atoms with Crippen LogP contribution in [0.3, 0.4) is 0 Å². The highest BCUT2D eigenvalue weighted by atomic mass is 79.9. The summed E-state index contributed by atoms with van der Waals surface area (Å²) in [5.41, 5.74) is 3.27. The molecule has 0 spiro atoms. The second-order valence-electron chi connectivity index (χ2n) is 8.06. The minimum atomic E-state index is -0.482. The van der Waals surface area contributed by atoms with Crippen molar-refractivity contribution < 1.29 is 4.79 Å². The molecule has 3 heterocycles. The number of pyridine rings is 1. The lowest BCUT2D eigenvalue weighted by Crippen LogP contribution is -2.23. The number of nitrogens with zero attached hydrogens (tertiary/aromatic N) is 2. The van der Waals surface area contributed by atoms with E-state index >= 15 is 0 Å². The molecule has 5 rings (SSSR count). The lowest BCUT2D eigenvalue weighted by molar-refractivity contribution is 0.102. The lowest BCUT2D eigenvalue weighted by atomic mass is 10.1.